The standard InChI is InChI=1S/C15H18N2O2/c1-15(2,3)12-6-4-10(5-7-12)14-11(8-13(18)19)9-16-17-14/h4-7,9H,8H2,1-3H3,(H,16,17)(H,18,19). The summed E-state index contributed by atoms with van der Waals surface area (Å²) in [4.78, 5) is 10.8. The number of carboxylic acid groups (broad SMARTS) is 1. The van der Waals surface area contributed by atoms with Gasteiger partial charge in [0.1, 0.15) is 0 Å². The molecule has 0 saturated heterocycles. The van der Waals surface area contributed by atoms with Crippen LogP contribution in [0.3, 0.4) is 0 Å². The first kappa shape index (κ1) is 13.3. The molecule has 0 spiro atoms. The second kappa shape index (κ2) is 4.88. The average molecular weight is 258 g/mol. The van der Waals surface area contributed by atoms with E-state index in [0.29, 0.717) is 5.56 Å². The number of nitrogens with zero attached hydrogens (tertiary/aromatic N) is 1. The molecular formula is C15H18N2O2. The van der Waals surface area contributed by atoms with E-state index in [-0.39, 0.29) is 11.8 Å². The maximum Gasteiger partial charge on any atom is 0.307 e. The molecule has 0 aliphatic carbocycles. The molecular weight excluding hydrogens is 240 g/mol. The number of aromatic nitrogens is 2. The number of nitrogens with one attached hydrogen (secondary N) is 1. The fourth-order valence-electron chi connectivity index (χ4n) is 1.99. The van der Waals surface area contributed by atoms with E-state index in [4.69, 9.17) is 5.11 Å². The largest absolute Gasteiger partial charge is 0.481 e. The quantitative estimate of drug-likeness (QED) is 0.889. The van der Waals surface area contributed by atoms with Crippen molar-refractivity contribution in [3.63, 3.8) is 0 Å². The summed E-state index contributed by atoms with van der Waals surface area (Å²) in [5.74, 6) is -0.853. The molecule has 0 saturated carbocycles. The number of H-pyrrole nitrogens is 1. The first-order chi connectivity index (χ1) is 8.88. The minimum Gasteiger partial charge on any atom is -0.481 e. The van der Waals surface area contributed by atoms with E-state index in [2.05, 4.69) is 43.1 Å². The van der Waals surface area contributed by atoms with Crippen LogP contribution in [0.15, 0.2) is 30.5 Å². The van der Waals surface area contributed by atoms with Crippen molar-refractivity contribution < 1.29 is 9.90 Å². The SMILES string of the molecule is CC(C)(C)c1ccc(-c2[nH]ncc2CC(=O)O)cc1. The number of carboxylic acids is 1. The number of benzene rings is 1. The molecule has 4 heteroatoms. The number of hydrogen-bond donors (Lipinski definition) is 2. The number of rotatable bonds is 3. The van der Waals surface area contributed by atoms with E-state index in [1.807, 2.05) is 12.1 Å². The van der Waals surface area contributed by atoms with Gasteiger partial charge in [0.2, 0.25) is 0 Å². The summed E-state index contributed by atoms with van der Waals surface area (Å²) < 4.78 is 0. The highest BCUT2D eigenvalue weighted by molar-refractivity contribution is 5.74. The molecule has 0 amide bonds. The van der Waals surface area contributed by atoms with Crippen molar-refractivity contribution in [3.8, 4) is 11.3 Å². The second-order valence-corrected chi connectivity index (χ2v) is 5.67. The van der Waals surface area contributed by atoms with Crippen molar-refractivity contribution in [3.05, 3.63) is 41.6 Å². The van der Waals surface area contributed by atoms with Crippen LogP contribution in [0.25, 0.3) is 11.3 Å². The van der Waals surface area contributed by atoms with Gasteiger partial charge in [-0.2, -0.15) is 5.10 Å². The van der Waals surface area contributed by atoms with Crippen molar-refractivity contribution in [2.45, 2.75) is 32.6 Å². The first-order valence-electron chi connectivity index (χ1n) is 6.23. The number of hydrogen-bond acceptors (Lipinski definition) is 2. The third-order valence-electron chi connectivity index (χ3n) is 3.10. The molecule has 0 unspecified atom stereocenters. The summed E-state index contributed by atoms with van der Waals surface area (Å²) in [6.07, 6.45) is 1.55. The summed E-state index contributed by atoms with van der Waals surface area (Å²) in [5.41, 5.74) is 3.80. The summed E-state index contributed by atoms with van der Waals surface area (Å²) in [7, 11) is 0. The Bertz CT molecular complexity index is 577. The lowest BCUT2D eigenvalue weighted by molar-refractivity contribution is -0.136. The van der Waals surface area contributed by atoms with E-state index < -0.39 is 5.97 Å². The molecule has 2 rings (SSSR count). The summed E-state index contributed by atoms with van der Waals surface area (Å²) >= 11 is 0. The third kappa shape index (κ3) is 3.02. The molecule has 2 N–H and O–H groups in total. The Morgan fingerprint density at radius 2 is 1.89 bits per heavy atom. The smallest absolute Gasteiger partial charge is 0.307 e. The lowest BCUT2D eigenvalue weighted by atomic mass is 9.86. The molecule has 100 valence electrons. The summed E-state index contributed by atoms with van der Waals surface area (Å²) in [6.45, 7) is 6.48. The van der Waals surface area contributed by atoms with Gasteiger partial charge in [-0.3, -0.25) is 9.89 Å². The average Bonchev–Trinajstić information content (AvgIpc) is 2.75. The predicted molar refractivity (Wildman–Crippen MR) is 74.1 cm³/mol. The lowest BCUT2D eigenvalue weighted by Crippen LogP contribution is -2.10. The minimum absolute atomic E-state index is 0.0210. The maximum atomic E-state index is 10.8. The zero-order valence-corrected chi connectivity index (χ0v) is 11.4. The molecule has 0 aliphatic heterocycles. The Hall–Kier alpha value is -2.10. The van der Waals surface area contributed by atoms with Gasteiger partial charge in [-0.25, -0.2) is 0 Å². The molecule has 0 atom stereocenters. The van der Waals surface area contributed by atoms with Crippen LogP contribution in [0.1, 0.15) is 31.9 Å². The highest BCUT2D eigenvalue weighted by Gasteiger charge is 2.15. The van der Waals surface area contributed by atoms with Crippen molar-refractivity contribution >= 4 is 5.97 Å². The van der Waals surface area contributed by atoms with Crippen LogP contribution in [-0.2, 0) is 16.6 Å². The molecule has 1 aromatic heterocycles. The zero-order chi connectivity index (χ0) is 14.0. The summed E-state index contributed by atoms with van der Waals surface area (Å²) in [6, 6.07) is 8.14. The number of carbonyl (C=O) groups is 1. The topological polar surface area (TPSA) is 66.0 Å². The van der Waals surface area contributed by atoms with Gasteiger partial charge in [-0.15, -0.1) is 0 Å². The molecule has 0 fully saturated rings. The zero-order valence-electron chi connectivity index (χ0n) is 11.4. The molecule has 0 bridgehead atoms. The van der Waals surface area contributed by atoms with Gasteiger partial charge < -0.3 is 5.11 Å². The van der Waals surface area contributed by atoms with Crippen LogP contribution in [-0.4, -0.2) is 21.3 Å². The van der Waals surface area contributed by atoms with Gasteiger partial charge in [-0.1, -0.05) is 45.0 Å². The van der Waals surface area contributed by atoms with E-state index in [0.717, 1.165) is 11.3 Å². The van der Waals surface area contributed by atoms with Gasteiger partial charge in [0, 0.05) is 5.56 Å². The lowest BCUT2D eigenvalue weighted by Gasteiger charge is -2.19. The maximum absolute atomic E-state index is 10.8. The monoisotopic (exact) mass is 258 g/mol. The Kier molecular flexibility index (Phi) is 3.42. The Balaban J connectivity index is 2.33. The Labute approximate surface area is 112 Å². The summed E-state index contributed by atoms with van der Waals surface area (Å²) in [5, 5.41) is 15.7. The van der Waals surface area contributed by atoms with Gasteiger partial charge in [-0.05, 0) is 16.5 Å². The highest BCUT2D eigenvalue weighted by Crippen LogP contribution is 2.26. The molecule has 4 nitrogen and oxygen atoms in total. The number of aliphatic carboxylic acids is 1. The normalized spacial score (nSPS) is 11.5. The number of aromatic amines is 1. The van der Waals surface area contributed by atoms with E-state index in [1.54, 1.807) is 6.20 Å². The fraction of sp³-hybridized carbons (Fsp3) is 0.333. The molecule has 0 aliphatic rings. The van der Waals surface area contributed by atoms with Crippen molar-refractivity contribution in [1.82, 2.24) is 10.2 Å². The predicted octanol–water partition coefficient (Wildman–Crippen LogP) is 3.00. The Morgan fingerprint density at radius 3 is 2.42 bits per heavy atom. The van der Waals surface area contributed by atoms with Gasteiger partial charge >= 0.3 is 5.97 Å². The second-order valence-electron chi connectivity index (χ2n) is 5.67. The van der Waals surface area contributed by atoms with Crippen molar-refractivity contribution in [2.75, 3.05) is 0 Å². The first-order valence-corrected chi connectivity index (χ1v) is 6.23. The molecule has 1 heterocycles. The van der Waals surface area contributed by atoms with Gasteiger partial charge in [0.05, 0.1) is 18.3 Å². The van der Waals surface area contributed by atoms with Crippen LogP contribution in [0, 0.1) is 0 Å². The molecule has 0 radical (unpaired) electrons. The third-order valence-corrected chi connectivity index (χ3v) is 3.10. The van der Waals surface area contributed by atoms with Crippen LogP contribution in [0.5, 0.6) is 0 Å². The van der Waals surface area contributed by atoms with E-state index >= 15 is 0 Å². The highest BCUT2D eigenvalue weighted by atomic mass is 16.4. The Morgan fingerprint density at radius 1 is 1.26 bits per heavy atom. The van der Waals surface area contributed by atoms with Gasteiger partial charge in [0.25, 0.3) is 0 Å². The van der Waals surface area contributed by atoms with E-state index in [1.165, 1.54) is 5.56 Å². The van der Waals surface area contributed by atoms with Crippen LogP contribution in [0.2, 0.25) is 0 Å². The van der Waals surface area contributed by atoms with E-state index in [9.17, 15) is 4.79 Å². The van der Waals surface area contributed by atoms with Gasteiger partial charge in [0.15, 0.2) is 0 Å². The van der Waals surface area contributed by atoms with Crippen molar-refractivity contribution in [2.24, 2.45) is 0 Å². The fourth-order valence-corrected chi connectivity index (χ4v) is 1.99. The van der Waals surface area contributed by atoms with Crippen LogP contribution >= 0.6 is 0 Å². The molecule has 19 heavy (non-hydrogen) atoms. The van der Waals surface area contributed by atoms with Crippen LogP contribution < -0.4 is 0 Å². The molecule has 2 aromatic rings. The molecule has 1 aromatic carbocycles. The van der Waals surface area contributed by atoms with Crippen molar-refractivity contribution in [1.29, 1.82) is 0 Å². The minimum atomic E-state index is -0.853. The van der Waals surface area contributed by atoms with Crippen LogP contribution in [0.4, 0.5) is 0 Å².